The Balaban J connectivity index is 1.77. The van der Waals surface area contributed by atoms with E-state index >= 15 is 0 Å². The summed E-state index contributed by atoms with van der Waals surface area (Å²) in [5.74, 6) is 1.26. The van der Waals surface area contributed by atoms with Crippen molar-refractivity contribution in [3.8, 4) is 34.1 Å². The molecule has 1 unspecified atom stereocenters. The van der Waals surface area contributed by atoms with Gasteiger partial charge in [0.1, 0.15) is 5.75 Å². The molecule has 0 N–H and O–H groups in total. The average Bonchev–Trinajstić information content (AvgIpc) is 3.20. The molecule has 2 fully saturated rings. The first-order valence-electron chi connectivity index (χ1n) is 9.76. The van der Waals surface area contributed by atoms with Crippen molar-refractivity contribution < 1.29 is 38.0 Å². The van der Waals surface area contributed by atoms with Gasteiger partial charge in [-0.1, -0.05) is 18.7 Å². The van der Waals surface area contributed by atoms with Crippen molar-refractivity contribution in [1.82, 2.24) is 0 Å². The average molecular weight is 428 g/mol. The summed E-state index contributed by atoms with van der Waals surface area (Å²) in [5.41, 5.74) is 2.88. The van der Waals surface area contributed by atoms with E-state index in [1.54, 1.807) is 19.2 Å². The Morgan fingerprint density at radius 3 is 2.19 bits per heavy atom. The van der Waals surface area contributed by atoms with E-state index in [0.717, 1.165) is 11.1 Å². The third-order valence-electron chi connectivity index (χ3n) is 5.31. The van der Waals surface area contributed by atoms with Gasteiger partial charge < -0.3 is 23.7 Å². The van der Waals surface area contributed by atoms with E-state index in [0.29, 0.717) is 47.2 Å². The van der Waals surface area contributed by atoms with Crippen molar-refractivity contribution in [2.45, 2.75) is 12.9 Å². The second kappa shape index (κ2) is 8.87. The van der Waals surface area contributed by atoms with Gasteiger partial charge in [-0.05, 0) is 35.8 Å². The van der Waals surface area contributed by atoms with Gasteiger partial charge in [-0.3, -0.25) is 14.3 Å². The van der Waals surface area contributed by atoms with Crippen molar-refractivity contribution in [2.24, 2.45) is 5.92 Å². The van der Waals surface area contributed by atoms with E-state index in [2.05, 4.69) is 6.58 Å². The molecule has 0 spiro atoms. The summed E-state index contributed by atoms with van der Waals surface area (Å²) < 4.78 is 37.8. The van der Waals surface area contributed by atoms with E-state index in [1.807, 2.05) is 18.2 Å². The standard InChI is InChI=1S/C23H24O8/c1-13(16-9-10-28-22(16)24)17-11-18(20(26-3)21(27-4)19(17)25-2)14-5-7-15(8-6-14)31-23-29-12-30-23/h5-8,11,16,23H,1,9-10,12H2,2-4H3. The molecule has 0 aromatic heterocycles. The molecule has 0 radical (unpaired) electrons. The Labute approximate surface area is 180 Å². The Hall–Kier alpha value is -3.23. The molecule has 2 heterocycles. The number of methoxy groups -OCH3 is 3. The maximum Gasteiger partial charge on any atom is 0.319 e. The smallest absolute Gasteiger partial charge is 0.319 e. The van der Waals surface area contributed by atoms with Gasteiger partial charge in [-0.15, -0.1) is 0 Å². The van der Waals surface area contributed by atoms with Crippen LogP contribution in [-0.2, 0) is 19.0 Å². The molecule has 8 nitrogen and oxygen atoms in total. The molecular formula is C23H24O8. The lowest BCUT2D eigenvalue weighted by Crippen LogP contribution is -2.35. The van der Waals surface area contributed by atoms with Crippen molar-refractivity contribution in [1.29, 1.82) is 0 Å². The predicted octanol–water partition coefficient (Wildman–Crippen LogP) is 3.62. The Bertz CT molecular complexity index is 978. The molecule has 2 aromatic rings. The van der Waals surface area contributed by atoms with Gasteiger partial charge in [0.2, 0.25) is 5.75 Å². The van der Waals surface area contributed by atoms with Crippen LogP contribution < -0.4 is 18.9 Å². The van der Waals surface area contributed by atoms with Gasteiger partial charge in [0.25, 0.3) is 0 Å². The van der Waals surface area contributed by atoms with Crippen LogP contribution >= 0.6 is 0 Å². The second-order valence-corrected chi connectivity index (χ2v) is 6.99. The van der Waals surface area contributed by atoms with Crippen molar-refractivity contribution >= 4 is 11.5 Å². The van der Waals surface area contributed by atoms with Crippen LogP contribution in [0.1, 0.15) is 12.0 Å². The first-order chi connectivity index (χ1) is 15.1. The summed E-state index contributed by atoms with van der Waals surface area (Å²) >= 11 is 0. The molecule has 0 bridgehead atoms. The SMILES string of the molecule is C=C(c1cc(-c2ccc(OC3OCO3)cc2)c(OC)c(OC)c1OC)C1CCOC1=O. The van der Waals surface area contributed by atoms with Crippen LogP contribution in [0.5, 0.6) is 23.0 Å². The highest BCUT2D eigenvalue weighted by Gasteiger charge is 2.33. The highest BCUT2D eigenvalue weighted by atomic mass is 17.0. The number of hydrogen-bond donors (Lipinski definition) is 0. The molecule has 2 aromatic carbocycles. The Kier molecular flexibility index (Phi) is 6.01. The molecule has 2 aliphatic rings. The minimum atomic E-state index is -0.678. The van der Waals surface area contributed by atoms with Crippen molar-refractivity contribution in [3.63, 3.8) is 0 Å². The quantitative estimate of drug-likeness (QED) is 0.590. The van der Waals surface area contributed by atoms with Crippen molar-refractivity contribution in [3.05, 3.63) is 42.5 Å². The van der Waals surface area contributed by atoms with Gasteiger partial charge in [-0.25, -0.2) is 0 Å². The van der Waals surface area contributed by atoms with Crippen LogP contribution in [0.3, 0.4) is 0 Å². The van der Waals surface area contributed by atoms with E-state index in [9.17, 15) is 4.79 Å². The third kappa shape index (κ3) is 3.92. The van der Waals surface area contributed by atoms with Crippen LogP contribution in [0.15, 0.2) is 36.9 Å². The number of benzene rings is 2. The molecule has 2 saturated heterocycles. The number of cyclic esters (lactones) is 1. The van der Waals surface area contributed by atoms with Gasteiger partial charge in [0, 0.05) is 11.1 Å². The van der Waals surface area contributed by atoms with Gasteiger partial charge in [-0.2, -0.15) is 0 Å². The van der Waals surface area contributed by atoms with Crippen LogP contribution in [0.4, 0.5) is 0 Å². The maximum atomic E-state index is 12.2. The molecule has 31 heavy (non-hydrogen) atoms. The minimum absolute atomic E-state index is 0.229. The molecule has 164 valence electrons. The molecular weight excluding hydrogens is 404 g/mol. The van der Waals surface area contributed by atoms with E-state index in [1.165, 1.54) is 14.2 Å². The molecule has 0 saturated carbocycles. The fourth-order valence-electron chi connectivity index (χ4n) is 3.68. The largest absolute Gasteiger partial charge is 0.492 e. The monoisotopic (exact) mass is 428 g/mol. The number of rotatable bonds is 8. The highest BCUT2D eigenvalue weighted by Crippen LogP contribution is 2.50. The molecule has 4 rings (SSSR count). The lowest BCUT2D eigenvalue weighted by atomic mass is 9.89. The maximum absolute atomic E-state index is 12.2. The molecule has 1 atom stereocenters. The summed E-state index contributed by atoms with van der Waals surface area (Å²) in [6.07, 6.45) is 0.571. The summed E-state index contributed by atoms with van der Waals surface area (Å²) in [6, 6.07) is 9.27. The first-order valence-corrected chi connectivity index (χ1v) is 9.76. The fourth-order valence-corrected chi connectivity index (χ4v) is 3.68. The van der Waals surface area contributed by atoms with Gasteiger partial charge in [0.15, 0.2) is 18.3 Å². The zero-order valence-electron chi connectivity index (χ0n) is 17.6. The summed E-state index contributed by atoms with van der Waals surface area (Å²) in [5, 5.41) is 0. The number of carbonyl (C=O) groups excluding carboxylic acids is 1. The number of esters is 1. The predicted molar refractivity (Wildman–Crippen MR) is 111 cm³/mol. The first kappa shape index (κ1) is 21.0. The topological polar surface area (TPSA) is 81.7 Å². The fraction of sp³-hybridized carbons (Fsp3) is 0.348. The third-order valence-corrected chi connectivity index (χ3v) is 5.31. The normalized spacial score (nSPS) is 18.2. The highest BCUT2D eigenvalue weighted by molar-refractivity contribution is 5.93. The molecule has 0 aliphatic carbocycles. The zero-order valence-corrected chi connectivity index (χ0v) is 17.6. The van der Waals surface area contributed by atoms with Crippen LogP contribution in [0, 0.1) is 5.92 Å². The second-order valence-electron chi connectivity index (χ2n) is 6.99. The number of ether oxygens (including phenoxy) is 7. The van der Waals surface area contributed by atoms with Gasteiger partial charge in [0.05, 0.1) is 33.9 Å². The Morgan fingerprint density at radius 2 is 1.68 bits per heavy atom. The van der Waals surface area contributed by atoms with Crippen molar-refractivity contribution in [2.75, 3.05) is 34.7 Å². The molecule has 8 heteroatoms. The van der Waals surface area contributed by atoms with E-state index < -0.39 is 12.4 Å². The van der Waals surface area contributed by atoms with E-state index in [4.69, 9.17) is 33.2 Å². The summed E-state index contributed by atoms with van der Waals surface area (Å²) in [4.78, 5) is 12.2. The van der Waals surface area contributed by atoms with Crippen LogP contribution in [0.25, 0.3) is 16.7 Å². The lowest BCUT2D eigenvalue weighted by molar-refractivity contribution is -0.394. The van der Waals surface area contributed by atoms with Crippen LogP contribution in [0.2, 0.25) is 0 Å². The van der Waals surface area contributed by atoms with Gasteiger partial charge >= 0.3 is 12.4 Å². The van der Waals surface area contributed by atoms with Crippen LogP contribution in [-0.4, -0.2) is 47.2 Å². The number of carbonyl (C=O) groups is 1. The molecule has 0 amide bonds. The summed E-state index contributed by atoms with van der Waals surface area (Å²) in [6.45, 7) is 4.10. The Morgan fingerprint density at radius 1 is 1.00 bits per heavy atom. The minimum Gasteiger partial charge on any atom is -0.492 e. The number of hydrogen-bond acceptors (Lipinski definition) is 8. The molecule has 2 aliphatic heterocycles. The van der Waals surface area contributed by atoms with E-state index in [-0.39, 0.29) is 12.8 Å². The zero-order chi connectivity index (χ0) is 22.0. The lowest BCUT2D eigenvalue weighted by Gasteiger charge is -2.26. The summed E-state index contributed by atoms with van der Waals surface area (Å²) in [7, 11) is 4.64.